The monoisotopic (exact) mass is 787 g/mol. The molecule has 2 saturated heterocycles. The molecule has 3 heterocycles. The van der Waals surface area contributed by atoms with Crippen LogP contribution in [0.4, 0.5) is 4.79 Å². The second-order valence-electron chi connectivity index (χ2n) is 14.7. The van der Waals surface area contributed by atoms with Crippen LogP contribution in [0.2, 0.25) is 15.1 Å². The number of H-pyrrole nitrogens is 1. The summed E-state index contributed by atoms with van der Waals surface area (Å²) in [6.07, 6.45) is 8.38. The highest BCUT2D eigenvalue weighted by molar-refractivity contribution is 6.35. The number of aromatic nitrogens is 1. The first kappa shape index (κ1) is 38.3. The first-order valence-corrected chi connectivity index (χ1v) is 20.2. The van der Waals surface area contributed by atoms with Crippen LogP contribution in [0.5, 0.6) is 0 Å². The van der Waals surface area contributed by atoms with Crippen molar-refractivity contribution in [3.8, 4) is 0 Å². The van der Waals surface area contributed by atoms with Crippen molar-refractivity contribution in [2.24, 2.45) is 0 Å². The summed E-state index contributed by atoms with van der Waals surface area (Å²) in [7, 11) is 0. The van der Waals surface area contributed by atoms with Gasteiger partial charge in [-0.05, 0) is 93.1 Å². The Morgan fingerprint density at radius 1 is 0.963 bits per heavy atom. The molecule has 8 nitrogen and oxygen atoms in total. The van der Waals surface area contributed by atoms with E-state index in [1.54, 1.807) is 12.3 Å². The Labute approximate surface area is 333 Å². The van der Waals surface area contributed by atoms with Crippen LogP contribution in [0, 0.1) is 0 Å². The number of fused-ring (bicyclic) bond motifs is 1. The zero-order chi connectivity index (χ0) is 37.9. The third kappa shape index (κ3) is 7.90. The summed E-state index contributed by atoms with van der Waals surface area (Å²) in [6.45, 7) is 11.5. The van der Waals surface area contributed by atoms with Crippen molar-refractivity contribution in [2.75, 3.05) is 26.2 Å². The molecule has 1 saturated carbocycles. The third-order valence-corrected chi connectivity index (χ3v) is 12.3. The van der Waals surface area contributed by atoms with Crippen LogP contribution in [0.25, 0.3) is 22.2 Å². The number of allylic oxidation sites excluding steroid dienone is 1. The van der Waals surface area contributed by atoms with Crippen molar-refractivity contribution < 1.29 is 14.3 Å². The second-order valence-corrected chi connectivity index (χ2v) is 16.0. The lowest BCUT2D eigenvalue weighted by Gasteiger charge is -2.45. The minimum Gasteiger partial charge on any atom is -0.449 e. The minimum absolute atomic E-state index is 0.0319. The summed E-state index contributed by atoms with van der Waals surface area (Å²) in [5.41, 5.74) is 5.67. The van der Waals surface area contributed by atoms with E-state index in [9.17, 15) is 9.59 Å². The van der Waals surface area contributed by atoms with Crippen LogP contribution in [0.1, 0.15) is 92.0 Å². The molecule has 3 aromatic carbocycles. The van der Waals surface area contributed by atoms with Gasteiger partial charge in [-0.25, -0.2) is 4.79 Å². The largest absolute Gasteiger partial charge is 0.449 e. The van der Waals surface area contributed by atoms with Crippen molar-refractivity contribution in [1.29, 1.82) is 0 Å². The number of likely N-dealkylation sites (tertiary alicyclic amines) is 1. The Balaban J connectivity index is 1.25. The van der Waals surface area contributed by atoms with Crippen LogP contribution in [-0.2, 0) is 4.74 Å². The Morgan fingerprint density at radius 2 is 1.69 bits per heavy atom. The predicted molar refractivity (Wildman–Crippen MR) is 220 cm³/mol. The quantitative estimate of drug-likeness (QED) is 0.167. The fourth-order valence-electron chi connectivity index (χ4n) is 8.74. The van der Waals surface area contributed by atoms with E-state index in [2.05, 4.69) is 52.7 Å². The van der Waals surface area contributed by atoms with E-state index in [0.717, 1.165) is 103 Å². The molecule has 2 amide bonds. The van der Waals surface area contributed by atoms with Gasteiger partial charge in [-0.2, -0.15) is 0 Å². The molecule has 3 atom stereocenters. The number of nitrogens with zero attached hydrogens (tertiary/aromatic N) is 3. The SMILES string of the molecule is C=CN(/C(=C(\C)c1ccccc1)c1c(C(=O)N[C@H]2CCCCC2N2CCC(N3CCCOC3=O)CC2)[nH]c2cc(Cl)ccc12)C(C)c1ccc(Cl)cc1Cl. The van der Waals surface area contributed by atoms with Gasteiger partial charge in [0.1, 0.15) is 5.69 Å². The zero-order valence-corrected chi connectivity index (χ0v) is 33.2. The van der Waals surface area contributed by atoms with Crippen molar-refractivity contribution in [2.45, 2.75) is 83.0 Å². The topological polar surface area (TPSA) is 80.9 Å². The summed E-state index contributed by atoms with van der Waals surface area (Å²) < 4.78 is 5.34. The van der Waals surface area contributed by atoms with Crippen LogP contribution in [0.3, 0.4) is 0 Å². The van der Waals surface area contributed by atoms with Gasteiger partial charge < -0.3 is 24.8 Å². The number of benzene rings is 3. The van der Waals surface area contributed by atoms with E-state index in [1.165, 1.54) is 0 Å². The lowest BCUT2D eigenvalue weighted by molar-refractivity contribution is 0.0237. The van der Waals surface area contributed by atoms with Crippen molar-refractivity contribution in [3.63, 3.8) is 0 Å². The number of piperidine rings is 1. The van der Waals surface area contributed by atoms with E-state index in [0.29, 0.717) is 27.4 Å². The summed E-state index contributed by atoms with van der Waals surface area (Å²) in [5.74, 6) is -0.167. The lowest BCUT2D eigenvalue weighted by atomic mass is 9.87. The fraction of sp³-hybridized carbons (Fsp3) is 0.395. The highest BCUT2D eigenvalue weighted by Crippen LogP contribution is 2.42. The molecule has 54 heavy (non-hydrogen) atoms. The maximum absolute atomic E-state index is 14.9. The average molecular weight is 789 g/mol. The zero-order valence-electron chi connectivity index (χ0n) is 30.9. The number of aromatic amines is 1. The van der Waals surface area contributed by atoms with E-state index < -0.39 is 0 Å². The molecule has 4 aromatic rings. The number of nitrogens with one attached hydrogen (secondary N) is 2. The maximum Gasteiger partial charge on any atom is 0.410 e. The van der Waals surface area contributed by atoms with Crippen molar-refractivity contribution >= 4 is 69.0 Å². The molecule has 2 aliphatic heterocycles. The van der Waals surface area contributed by atoms with Gasteiger partial charge in [0.2, 0.25) is 0 Å². The number of carbonyl (C=O) groups excluding carboxylic acids is 2. The Hall–Kier alpha value is -3.95. The van der Waals surface area contributed by atoms with Crippen molar-refractivity contribution in [1.82, 2.24) is 25.0 Å². The molecule has 284 valence electrons. The highest BCUT2D eigenvalue weighted by Gasteiger charge is 2.37. The highest BCUT2D eigenvalue weighted by atomic mass is 35.5. The molecule has 7 rings (SSSR count). The standard InChI is InChI=1S/C43H48Cl3N5O3/c1-4-50(28(3)33-17-15-30(44)25-35(33)46)41(27(2)29-11-6-5-7-12-29)39-34-18-16-31(45)26-37(34)47-40(39)42(52)48-36-13-8-9-14-38(36)49-22-19-32(20-23-49)51-21-10-24-54-43(51)53/h4-7,11-12,15-18,25-26,28,32,36,38,47H,1,8-10,13-14,19-24H2,2-3H3,(H,48,52)/b41-27+/t28?,36-,38?/m0/s1. The number of amides is 2. The molecule has 0 radical (unpaired) electrons. The first-order chi connectivity index (χ1) is 26.1. The van der Waals surface area contributed by atoms with Gasteiger partial charge in [-0.15, -0.1) is 0 Å². The van der Waals surface area contributed by atoms with Crippen LogP contribution >= 0.6 is 34.8 Å². The van der Waals surface area contributed by atoms with E-state index >= 15 is 0 Å². The molecule has 3 fully saturated rings. The molecule has 1 aliphatic carbocycles. The van der Waals surface area contributed by atoms with Crippen LogP contribution < -0.4 is 5.32 Å². The van der Waals surface area contributed by atoms with E-state index in [-0.39, 0.29) is 36.2 Å². The lowest BCUT2D eigenvalue weighted by Crippen LogP contribution is -2.57. The number of carbonyl (C=O) groups is 2. The number of cyclic esters (lactones) is 1. The summed E-state index contributed by atoms with van der Waals surface area (Å²) in [6, 6.07) is 21.5. The number of ether oxygens (including phenoxy) is 1. The third-order valence-electron chi connectivity index (χ3n) is 11.5. The smallest absolute Gasteiger partial charge is 0.410 e. The molecule has 2 unspecified atom stereocenters. The number of rotatable bonds is 10. The molecule has 3 aliphatic rings. The number of hydrogen-bond donors (Lipinski definition) is 2. The molecule has 11 heteroatoms. The number of halogens is 3. The summed E-state index contributed by atoms with van der Waals surface area (Å²) in [4.78, 5) is 37.4. The van der Waals surface area contributed by atoms with Crippen LogP contribution in [0.15, 0.2) is 79.5 Å². The van der Waals surface area contributed by atoms with Gasteiger partial charge >= 0.3 is 6.09 Å². The average Bonchev–Trinajstić information content (AvgIpc) is 3.55. The van der Waals surface area contributed by atoms with Crippen molar-refractivity contribution in [3.05, 3.63) is 117 Å². The van der Waals surface area contributed by atoms with E-state index in [4.69, 9.17) is 39.5 Å². The molecule has 0 spiro atoms. The maximum atomic E-state index is 14.9. The summed E-state index contributed by atoms with van der Waals surface area (Å²) >= 11 is 19.7. The minimum atomic E-state index is -0.272. The first-order valence-electron chi connectivity index (χ1n) is 19.1. The Bertz CT molecular complexity index is 2040. The molecular weight excluding hydrogens is 741 g/mol. The molecule has 2 N–H and O–H groups in total. The predicted octanol–water partition coefficient (Wildman–Crippen LogP) is 10.6. The Morgan fingerprint density at radius 3 is 2.41 bits per heavy atom. The second kappa shape index (κ2) is 16.8. The van der Waals surface area contributed by atoms with E-state index in [1.807, 2.05) is 53.4 Å². The molecule has 1 aromatic heterocycles. The summed E-state index contributed by atoms with van der Waals surface area (Å²) in [5, 5.41) is 6.06. The molecular formula is C43H48Cl3N5O3. The fourth-order valence-corrected chi connectivity index (χ4v) is 9.48. The normalized spacial score (nSPS) is 21.0. The molecule has 0 bridgehead atoms. The number of hydrogen-bond acceptors (Lipinski definition) is 5. The van der Waals surface area contributed by atoms with Gasteiger partial charge in [0.15, 0.2) is 0 Å². The van der Waals surface area contributed by atoms with Gasteiger partial charge in [0.05, 0.1) is 18.3 Å². The van der Waals surface area contributed by atoms with Gasteiger partial charge in [-0.1, -0.05) is 96.7 Å². The van der Waals surface area contributed by atoms with Crippen LogP contribution in [-0.4, -0.2) is 76.1 Å². The van der Waals surface area contributed by atoms with Gasteiger partial charge in [0, 0.05) is 69.3 Å². The Kier molecular flexibility index (Phi) is 11.9. The van der Waals surface area contributed by atoms with Gasteiger partial charge in [0.25, 0.3) is 5.91 Å². The van der Waals surface area contributed by atoms with Gasteiger partial charge in [-0.3, -0.25) is 9.69 Å².